The molecule has 0 aliphatic carbocycles. The van der Waals surface area contributed by atoms with Gasteiger partial charge in [0.1, 0.15) is 11.5 Å². The second kappa shape index (κ2) is 11.1. The van der Waals surface area contributed by atoms with Crippen LogP contribution in [0.15, 0.2) is 52.0 Å². The van der Waals surface area contributed by atoms with Gasteiger partial charge in [-0.25, -0.2) is 5.43 Å². The van der Waals surface area contributed by atoms with Crippen molar-refractivity contribution in [3.05, 3.63) is 52.5 Å². The summed E-state index contributed by atoms with van der Waals surface area (Å²) >= 11 is 3.34. The van der Waals surface area contributed by atoms with E-state index in [0.717, 1.165) is 10.2 Å². The Balaban J connectivity index is 1.74. The molecule has 0 bridgehead atoms. The minimum absolute atomic E-state index is 0.139. The van der Waals surface area contributed by atoms with E-state index in [0.29, 0.717) is 23.5 Å². The molecule has 0 saturated heterocycles. The van der Waals surface area contributed by atoms with Crippen molar-refractivity contribution in [2.45, 2.75) is 19.3 Å². The van der Waals surface area contributed by atoms with E-state index in [1.54, 1.807) is 44.6 Å². The van der Waals surface area contributed by atoms with E-state index in [4.69, 9.17) is 9.47 Å². The molecule has 0 radical (unpaired) electrons. The number of benzene rings is 2. The summed E-state index contributed by atoms with van der Waals surface area (Å²) < 4.78 is 11.3. The Kier molecular flexibility index (Phi) is 8.48. The van der Waals surface area contributed by atoms with E-state index in [1.807, 2.05) is 12.1 Å². The third kappa shape index (κ3) is 7.03. The number of carbonyl (C=O) groups is 2. The number of rotatable bonds is 9. The molecule has 2 N–H and O–H groups in total. The van der Waals surface area contributed by atoms with Gasteiger partial charge in [0.15, 0.2) is 0 Å². The van der Waals surface area contributed by atoms with Gasteiger partial charge in [-0.2, -0.15) is 5.10 Å². The average molecular weight is 448 g/mol. The van der Waals surface area contributed by atoms with Crippen molar-refractivity contribution < 1.29 is 19.1 Å². The van der Waals surface area contributed by atoms with Crippen molar-refractivity contribution in [2.24, 2.45) is 5.10 Å². The molecular weight excluding hydrogens is 426 g/mol. The topological polar surface area (TPSA) is 89.0 Å². The largest absolute Gasteiger partial charge is 0.497 e. The summed E-state index contributed by atoms with van der Waals surface area (Å²) in [7, 11) is 3.12. The third-order valence-corrected chi connectivity index (χ3v) is 4.29. The maximum Gasteiger partial charge on any atom is 0.240 e. The Morgan fingerprint density at radius 2 is 1.75 bits per heavy atom. The van der Waals surface area contributed by atoms with Crippen LogP contribution in [0.4, 0.5) is 5.69 Å². The van der Waals surface area contributed by atoms with E-state index >= 15 is 0 Å². The summed E-state index contributed by atoms with van der Waals surface area (Å²) in [6.07, 6.45) is 2.35. The second-order valence-electron chi connectivity index (χ2n) is 5.81. The van der Waals surface area contributed by atoms with E-state index < -0.39 is 0 Å². The van der Waals surface area contributed by atoms with Gasteiger partial charge < -0.3 is 14.8 Å². The molecule has 148 valence electrons. The van der Waals surface area contributed by atoms with E-state index in [9.17, 15) is 9.59 Å². The number of carbonyl (C=O) groups excluding carboxylic acids is 2. The summed E-state index contributed by atoms with van der Waals surface area (Å²) in [5.41, 5.74) is 3.84. The summed E-state index contributed by atoms with van der Waals surface area (Å²) in [4.78, 5) is 23.8. The van der Waals surface area contributed by atoms with Crippen molar-refractivity contribution in [2.75, 3.05) is 19.5 Å². The molecule has 0 aromatic heterocycles. The predicted molar refractivity (Wildman–Crippen MR) is 112 cm³/mol. The van der Waals surface area contributed by atoms with Gasteiger partial charge in [0.2, 0.25) is 11.8 Å². The Labute approximate surface area is 172 Å². The number of amides is 2. The molecule has 0 aliphatic heterocycles. The summed E-state index contributed by atoms with van der Waals surface area (Å²) in [5.74, 6) is 0.864. The fourth-order valence-electron chi connectivity index (χ4n) is 2.34. The van der Waals surface area contributed by atoms with Gasteiger partial charge in [-0.05, 0) is 48.9 Å². The number of hydrogen-bond acceptors (Lipinski definition) is 5. The first kappa shape index (κ1) is 21.4. The summed E-state index contributed by atoms with van der Waals surface area (Å²) in [5, 5.41) is 6.72. The maximum atomic E-state index is 11.9. The fourth-order valence-corrected chi connectivity index (χ4v) is 2.60. The molecule has 2 amide bonds. The van der Waals surface area contributed by atoms with Crippen LogP contribution in [0.3, 0.4) is 0 Å². The van der Waals surface area contributed by atoms with Crippen LogP contribution in [-0.2, 0) is 9.59 Å². The van der Waals surface area contributed by atoms with E-state index in [2.05, 4.69) is 31.8 Å². The highest BCUT2D eigenvalue weighted by Crippen LogP contribution is 2.22. The first-order valence-electron chi connectivity index (χ1n) is 8.61. The van der Waals surface area contributed by atoms with Crippen LogP contribution in [0.2, 0.25) is 0 Å². The fraction of sp³-hybridized carbons (Fsp3) is 0.250. The summed E-state index contributed by atoms with van der Waals surface area (Å²) in [6, 6.07) is 12.6. The van der Waals surface area contributed by atoms with Crippen molar-refractivity contribution in [3.63, 3.8) is 0 Å². The first-order chi connectivity index (χ1) is 13.5. The Morgan fingerprint density at radius 3 is 2.43 bits per heavy atom. The number of ether oxygens (including phenoxy) is 2. The zero-order chi connectivity index (χ0) is 20.4. The van der Waals surface area contributed by atoms with Crippen molar-refractivity contribution in [3.8, 4) is 11.5 Å². The van der Waals surface area contributed by atoms with Crippen LogP contribution >= 0.6 is 15.9 Å². The molecule has 28 heavy (non-hydrogen) atoms. The van der Waals surface area contributed by atoms with Gasteiger partial charge >= 0.3 is 0 Å². The molecule has 2 rings (SSSR count). The SMILES string of the molecule is COc1ccc(OC)c(C=NNC(=O)CCCC(=O)Nc2ccc(Br)cc2)c1. The number of hydrazone groups is 1. The summed E-state index contributed by atoms with van der Waals surface area (Å²) in [6.45, 7) is 0. The van der Waals surface area contributed by atoms with Crippen LogP contribution in [0, 0.1) is 0 Å². The first-order valence-corrected chi connectivity index (χ1v) is 9.40. The Morgan fingerprint density at radius 1 is 1.04 bits per heavy atom. The Hall–Kier alpha value is -2.87. The average Bonchev–Trinajstić information content (AvgIpc) is 2.69. The van der Waals surface area contributed by atoms with Crippen LogP contribution in [-0.4, -0.2) is 32.2 Å². The number of anilines is 1. The monoisotopic (exact) mass is 447 g/mol. The van der Waals surface area contributed by atoms with Crippen LogP contribution in [0.25, 0.3) is 0 Å². The molecule has 0 aliphatic rings. The molecule has 2 aromatic carbocycles. The molecule has 0 atom stereocenters. The van der Waals surface area contributed by atoms with Crippen molar-refractivity contribution in [1.29, 1.82) is 0 Å². The van der Waals surface area contributed by atoms with E-state index in [1.165, 1.54) is 6.21 Å². The lowest BCUT2D eigenvalue weighted by Gasteiger charge is -2.07. The predicted octanol–water partition coefficient (Wildman–Crippen LogP) is 3.73. The number of halogens is 1. The lowest BCUT2D eigenvalue weighted by atomic mass is 10.2. The highest BCUT2D eigenvalue weighted by atomic mass is 79.9. The molecule has 0 unspecified atom stereocenters. The molecule has 2 aromatic rings. The van der Waals surface area contributed by atoms with Crippen LogP contribution < -0.4 is 20.2 Å². The van der Waals surface area contributed by atoms with Crippen molar-refractivity contribution >= 4 is 39.6 Å². The van der Waals surface area contributed by atoms with Gasteiger partial charge in [-0.3, -0.25) is 9.59 Å². The normalized spacial score (nSPS) is 10.5. The zero-order valence-electron chi connectivity index (χ0n) is 15.7. The van der Waals surface area contributed by atoms with Crippen molar-refractivity contribution in [1.82, 2.24) is 5.43 Å². The molecule has 7 nitrogen and oxygen atoms in total. The molecule has 0 heterocycles. The lowest BCUT2D eigenvalue weighted by Crippen LogP contribution is -2.18. The molecule has 8 heteroatoms. The van der Waals surface area contributed by atoms with Gasteiger partial charge in [-0.15, -0.1) is 0 Å². The van der Waals surface area contributed by atoms with Gasteiger partial charge in [0, 0.05) is 28.6 Å². The number of hydrogen-bond donors (Lipinski definition) is 2. The van der Waals surface area contributed by atoms with Gasteiger partial charge in [0.05, 0.1) is 20.4 Å². The third-order valence-electron chi connectivity index (χ3n) is 3.77. The lowest BCUT2D eigenvalue weighted by molar-refractivity contribution is -0.121. The quantitative estimate of drug-likeness (QED) is 0.452. The zero-order valence-corrected chi connectivity index (χ0v) is 17.3. The van der Waals surface area contributed by atoms with Gasteiger partial charge in [-0.1, -0.05) is 15.9 Å². The Bertz CT molecular complexity index is 838. The van der Waals surface area contributed by atoms with Crippen LogP contribution in [0.1, 0.15) is 24.8 Å². The second-order valence-corrected chi connectivity index (χ2v) is 6.73. The smallest absolute Gasteiger partial charge is 0.240 e. The standard InChI is InChI=1S/C20H22BrN3O4/c1-27-17-10-11-18(28-2)14(12-17)13-22-24-20(26)5-3-4-19(25)23-16-8-6-15(21)7-9-16/h6-13H,3-5H2,1-2H3,(H,23,25)(H,24,26). The number of nitrogens with zero attached hydrogens (tertiary/aromatic N) is 1. The minimum Gasteiger partial charge on any atom is -0.497 e. The number of methoxy groups -OCH3 is 2. The highest BCUT2D eigenvalue weighted by molar-refractivity contribution is 9.10. The van der Waals surface area contributed by atoms with Gasteiger partial charge in [0.25, 0.3) is 0 Å². The van der Waals surface area contributed by atoms with Crippen LogP contribution in [0.5, 0.6) is 11.5 Å². The van der Waals surface area contributed by atoms with E-state index in [-0.39, 0.29) is 24.7 Å². The number of nitrogens with one attached hydrogen (secondary N) is 2. The molecule has 0 spiro atoms. The highest BCUT2D eigenvalue weighted by Gasteiger charge is 2.06. The molecule has 0 fully saturated rings. The molecular formula is C20H22BrN3O4. The maximum absolute atomic E-state index is 11.9. The molecule has 0 saturated carbocycles. The minimum atomic E-state index is -0.269.